The van der Waals surface area contributed by atoms with E-state index in [1.165, 1.54) is 13.3 Å². The second-order valence-corrected chi connectivity index (χ2v) is 8.21. The van der Waals surface area contributed by atoms with E-state index in [1.54, 1.807) is 0 Å². The summed E-state index contributed by atoms with van der Waals surface area (Å²) in [5, 5.41) is 2.39. The minimum atomic E-state index is -3.18. The quantitative estimate of drug-likeness (QED) is 0.510. The van der Waals surface area contributed by atoms with E-state index in [0.717, 1.165) is 25.7 Å². The smallest absolute Gasteiger partial charge is 0.275 e. The van der Waals surface area contributed by atoms with Crippen molar-refractivity contribution in [3.05, 3.63) is 0 Å². The molecule has 5 N–H and O–H groups in total. The van der Waals surface area contributed by atoms with Gasteiger partial charge in [0.15, 0.2) is 11.9 Å². The van der Waals surface area contributed by atoms with E-state index in [9.17, 15) is 19.4 Å². The van der Waals surface area contributed by atoms with Crippen molar-refractivity contribution in [2.45, 2.75) is 45.1 Å². The summed E-state index contributed by atoms with van der Waals surface area (Å²) in [6.45, 7) is 1.34. The SMILES string of the molecule is C[C@H](N)C(=O)NCC(=O)C[P+](O)(O)CC1CCCCC1. The fraction of sp³-hybridized carbons (Fsp3) is 0.846. The molecule has 0 aromatic carbocycles. The molecular formula is C13H26N2O4P+. The predicted octanol–water partition coefficient (Wildman–Crippen LogP) is 0.431. The van der Waals surface area contributed by atoms with E-state index in [-0.39, 0.29) is 18.5 Å². The zero-order valence-electron chi connectivity index (χ0n) is 12.0. The zero-order valence-corrected chi connectivity index (χ0v) is 12.9. The van der Waals surface area contributed by atoms with Crippen LogP contribution in [0.15, 0.2) is 0 Å². The summed E-state index contributed by atoms with van der Waals surface area (Å²) in [4.78, 5) is 42.9. The fourth-order valence-corrected chi connectivity index (χ4v) is 4.53. The van der Waals surface area contributed by atoms with Crippen LogP contribution in [0.2, 0.25) is 0 Å². The van der Waals surface area contributed by atoms with Gasteiger partial charge in [0.05, 0.1) is 12.6 Å². The second-order valence-electron chi connectivity index (χ2n) is 5.77. The van der Waals surface area contributed by atoms with E-state index < -0.39 is 19.7 Å². The number of hydrogen-bond acceptors (Lipinski definition) is 5. The number of hydrogen-bond donors (Lipinski definition) is 4. The van der Waals surface area contributed by atoms with Gasteiger partial charge in [-0.2, -0.15) is 0 Å². The van der Waals surface area contributed by atoms with Crippen LogP contribution in [0, 0.1) is 5.92 Å². The molecule has 6 nitrogen and oxygen atoms in total. The topological polar surface area (TPSA) is 113 Å². The molecule has 0 heterocycles. The average molecular weight is 305 g/mol. The van der Waals surface area contributed by atoms with Gasteiger partial charge in [-0.1, -0.05) is 19.3 Å². The maximum Gasteiger partial charge on any atom is 0.275 e. The molecule has 1 fully saturated rings. The van der Waals surface area contributed by atoms with Crippen LogP contribution >= 0.6 is 7.72 Å². The summed E-state index contributed by atoms with van der Waals surface area (Å²) in [6.07, 6.45) is 5.58. The Morgan fingerprint density at radius 1 is 1.30 bits per heavy atom. The third kappa shape index (κ3) is 6.75. The van der Waals surface area contributed by atoms with Crippen molar-refractivity contribution < 1.29 is 19.4 Å². The van der Waals surface area contributed by atoms with E-state index in [4.69, 9.17) is 5.73 Å². The molecule has 0 radical (unpaired) electrons. The molecule has 0 aliphatic heterocycles. The lowest BCUT2D eigenvalue weighted by Gasteiger charge is -2.23. The van der Waals surface area contributed by atoms with Crippen LogP contribution in [0.4, 0.5) is 0 Å². The molecule has 0 saturated heterocycles. The number of Topliss-reactive ketones (excluding diaryl/α,β-unsaturated/α-hetero) is 1. The maximum atomic E-state index is 11.7. The molecule has 1 aliphatic carbocycles. The highest BCUT2D eigenvalue weighted by Gasteiger charge is 2.39. The van der Waals surface area contributed by atoms with Gasteiger partial charge in [-0.25, -0.2) is 9.79 Å². The first kappa shape index (κ1) is 17.5. The van der Waals surface area contributed by atoms with Gasteiger partial charge in [0.2, 0.25) is 5.91 Å². The van der Waals surface area contributed by atoms with Crippen molar-refractivity contribution in [3.8, 4) is 0 Å². The summed E-state index contributed by atoms with van der Waals surface area (Å²) in [5.74, 6) is -0.447. The molecule has 0 unspecified atom stereocenters. The third-order valence-electron chi connectivity index (χ3n) is 3.58. The molecule has 1 aliphatic rings. The summed E-state index contributed by atoms with van der Waals surface area (Å²) < 4.78 is 0. The van der Waals surface area contributed by atoms with Gasteiger partial charge < -0.3 is 11.1 Å². The van der Waals surface area contributed by atoms with Gasteiger partial charge in [0, 0.05) is 0 Å². The molecule has 1 saturated carbocycles. The van der Waals surface area contributed by atoms with Gasteiger partial charge in [-0.05, 0) is 25.7 Å². The Morgan fingerprint density at radius 2 is 1.90 bits per heavy atom. The van der Waals surface area contributed by atoms with Crippen LogP contribution in [0.3, 0.4) is 0 Å². The van der Waals surface area contributed by atoms with Gasteiger partial charge in [0.25, 0.3) is 7.72 Å². The molecule has 1 amide bonds. The molecular weight excluding hydrogens is 279 g/mol. The Kier molecular flexibility index (Phi) is 7.03. The minimum absolute atomic E-state index is 0.187. The molecule has 0 aromatic heterocycles. The Hall–Kier alpha value is -0.550. The monoisotopic (exact) mass is 305 g/mol. The maximum absolute atomic E-state index is 11.7. The van der Waals surface area contributed by atoms with Gasteiger partial charge >= 0.3 is 0 Å². The van der Waals surface area contributed by atoms with Crippen molar-refractivity contribution >= 4 is 19.4 Å². The summed E-state index contributed by atoms with van der Waals surface area (Å²) in [6, 6.07) is -0.673. The molecule has 1 rings (SSSR count). The third-order valence-corrected chi connectivity index (χ3v) is 5.54. The summed E-state index contributed by atoms with van der Waals surface area (Å²) in [7, 11) is -3.18. The van der Waals surface area contributed by atoms with Crippen LogP contribution in [0.5, 0.6) is 0 Å². The van der Waals surface area contributed by atoms with E-state index in [2.05, 4.69) is 5.32 Å². The van der Waals surface area contributed by atoms with Crippen molar-refractivity contribution in [2.75, 3.05) is 18.9 Å². The Labute approximate surface area is 120 Å². The number of carbonyl (C=O) groups excluding carboxylic acids is 2. The highest BCUT2D eigenvalue weighted by molar-refractivity contribution is 7.65. The van der Waals surface area contributed by atoms with Crippen molar-refractivity contribution in [1.29, 1.82) is 0 Å². The van der Waals surface area contributed by atoms with Crippen LogP contribution in [-0.4, -0.2) is 46.4 Å². The minimum Gasteiger partial charge on any atom is -0.348 e. The molecule has 7 heteroatoms. The lowest BCUT2D eigenvalue weighted by molar-refractivity contribution is -0.125. The first-order chi connectivity index (χ1) is 9.30. The summed E-state index contributed by atoms with van der Waals surface area (Å²) >= 11 is 0. The Morgan fingerprint density at radius 3 is 2.45 bits per heavy atom. The predicted molar refractivity (Wildman–Crippen MR) is 79.3 cm³/mol. The number of ketones is 1. The number of amides is 1. The Bertz CT molecular complexity index is 341. The normalized spacial score (nSPS) is 18.6. The average Bonchev–Trinajstić information content (AvgIpc) is 2.35. The van der Waals surface area contributed by atoms with E-state index in [0.29, 0.717) is 12.1 Å². The summed E-state index contributed by atoms with van der Waals surface area (Å²) in [5.41, 5.74) is 5.36. The van der Waals surface area contributed by atoms with Crippen molar-refractivity contribution in [3.63, 3.8) is 0 Å². The molecule has 0 spiro atoms. The lowest BCUT2D eigenvalue weighted by atomic mass is 9.91. The van der Waals surface area contributed by atoms with E-state index in [1.807, 2.05) is 0 Å². The Balaban J connectivity index is 2.32. The van der Waals surface area contributed by atoms with E-state index >= 15 is 0 Å². The zero-order chi connectivity index (χ0) is 15.2. The number of carbonyl (C=O) groups is 2. The number of nitrogens with one attached hydrogen (secondary N) is 1. The number of rotatable bonds is 7. The largest absolute Gasteiger partial charge is 0.348 e. The van der Waals surface area contributed by atoms with Crippen LogP contribution in [-0.2, 0) is 9.59 Å². The first-order valence-electron chi connectivity index (χ1n) is 7.18. The fourth-order valence-electron chi connectivity index (χ4n) is 2.53. The molecule has 20 heavy (non-hydrogen) atoms. The van der Waals surface area contributed by atoms with Crippen molar-refractivity contribution in [1.82, 2.24) is 5.32 Å². The highest BCUT2D eigenvalue weighted by Crippen LogP contribution is 2.52. The molecule has 0 aromatic rings. The molecule has 116 valence electrons. The van der Waals surface area contributed by atoms with Gasteiger partial charge in [-0.15, -0.1) is 0 Å². The molecule has 0 bridgehead atoms. The van der Waals surface area contributed by atoms with Crippen molar-refractivity contribution in [2.24, 2.45) is 11.7 Å². The molecule has 1 atom stereocenters. The second kappa shape index (κ2) is 8.03. The first-order valence-corrected chi connectivity index (χ1v) is 9.24. The van der Waals surface area contributed by atoms with Crippen LogP contribution < -0.4 is 11.1 Å². The van der Waals surface area contributed by atoms with Gasteiger partial charge in [-0.3, -0.25) is 9.59 Å². The standard InChI is InChI=1S/C13H25N2O4P/c1-10(14)13(17)15-7-12(16)9-20(18,19)8-11-5-3-2-4-6-11/h10-11,18-19H,2-9,14H2,1H3/p+1/t10-/m0/s1. The number of nitrogens with two attached hydrogens (primary N) is 1. The van der Waals surface area contributed by atoms with Gasteiger partial charge in [0.1, 0.15) is 6.16 Å². The van der Waals surface area contributed by atoms with Crippen LogP contribution in [0.25, 0.3) is 0 Å². The highest BCUT2D eigenvalue weighted by atomic mass is 31.2. The van der Waals surface area contributed by atoms with Crippen LogP contribution in [0.1, 0.15) is 39.0 Å². The lowest BCUT2D eigenvalue weighted by Crippen LogP contribution is -2.41.